The molecule has 0 heterocycles. The topological polar surface area (TPSA) is 64.4 Å². The molecular formula is C12H27ClN2O2. The Balaban J connectivity index is 0. The Hall–Kier alpha value is -0.320. The van der Waals surface area contributed by atoms with Gasteiger partial charge in [-0.15, -0.1) is 12.4 Å². The first-order valence-corrected chi connectivity index (χ1v) is 6.19. The molecule has 1 atom stereocenters. The van der Waals surface area contributed by atoms with Gasteiger partial charge < -0.3 is 15.8 Å². The summed E-state index contributed by atoms with van der Waals surface area (Å²) in [6.45, 7) is 7.99. The third-order valence-electron chi connectivity index (χ3n) is 2.49. The Bertz CT molecular complexity index is 199. The number of carbonyl (C=O) groups excluding carboxylic acids is 1. The van der Waals surface area contributed by atoms with Crippen molar-refractivity contribution < 1.29 is 9.53 Å². The zero-order valence-electron chi connectivity index (χ0n) is 11.3. The maximum Gasteiger partial charge on any atom is 0.239 e. The minimum atomic E-state index is -0.728. The highest BCUT2D eigenvalue weighted by Crippen LogP contribution is 2.08. The Morgan fingerprint density at radius 1 is 1.35 bits per heavy atom. The van der Waals surface area contributed by atoms with Crippen molar-refractivity contribution in [3.63, 3.8) is 0 Å². The molecule has 0 spiro atoms. The third-order valence-corrected chi connectivity index (χ3v) is 2.49. The van der Waals surface area contributed by atoms with Crippen molar-refractivity contribution in [3.8, 4) is 0 Å². The molecule has 0 aromatic heterocycles. The van der Waals surface area contributed by atoms with Crippen LogP contribution in [0, 0.1) is 0 Å². The summed E-state index contributed by atoms with van der Waals surface area (Å²) < 4.78 is 5.21. The van der Waals surface area contributed by atoms with Crippen LogP contribution in [0.25, 0.3) is 0 Å². The second-order valence-electron chi connectivity index (χ2n) is 4.33. The van der Waals surface area contributed by atoms with Crippen LogP contribution in [0.2, 0.25) is 0 Å². The van der Waals surface area contributed by atoms with Crippen LogP contribution in [-0.2, 0) is 9.53 Å². The van der Waals surface area contributed by atoms with Crippen molar-refractivity contribution in [3.05, 3.63) is 0 Å². The first-order chi connectivity index (χ1) is 7.54. The second-order valence-corrected chi connectivity index (χ2v) is 4.33. The normalized spacial score (nSPS) is 13.6. The monoisotopic (exact) mass is 266 g/mol. The van der Waals surface area contributed by atoms with Crippen molar-refractivity contribution in [1.29, 1.82) is 0 Å². The minimum absolute atomic E-state index is 0. The molecule has 3 N–H and O–H groups in total. The van der Waals surface area contributed by atoms with E-state index in [2.05, 4.69) is 5.32 Å². The summed E-state index contributed by atoms with van der Waals surface area (Å²) in [4.78, 5) is 11.7. The van der Waals surface area contributed by atoms with E-state index in [1.54, 1.807) is 6.92 Å². The van der Waals surface area contributed by atoms with Crippen LogP contribution in [0.5, 0.6) is 0 Å². The second kappa shape index (κ2) is 10.8. The zero-order valence-corrected chi connectivity index (χ0v) is 12.1. The van der Waals surface area contributed by atoms with Gasteiger partial charge in [0, 0.05) is 19.8 Å². The number of unbranched alkanes of at least 4 members (excludes halogenated alkanes) is 1. The summed E-state index contributed by atoms with van der Waals surface area (Å²) in [5.74, 6) is -0.0502. The van der Waals surface area contributed by atoms with Gasteiger partial charge in [-0.2, -0.15) is 0 Å². The van der Waals surface area contributed by atoms with Crippen molar-refractivity contribution >= 4 is 18.3 Å². The molecule has 1 unspecified atom stereocenters. The summed E-state index contributed by atoms with van der Waals surface area (Å²) in [6, 6.07) is 0. The van der Waals surface area contributed by atoms with Crippen LogP contribution in [0.3, 0.4) is 0 Å². The molecule has 4 nitrogen and oxygen atoms in total. The van der Waals surface area contributed by atoms with E-state index < -0.39 is 5.54 Å². The van der Waals surface area contributed by atoms with Crippen LogP contribution in [0.15, 0.2) is 0 Å². The van der Waals surface area contributed by atoms with Crippen molar-refractivity contribution in [2.75, 3.05) is 19.8 Å². The lowest BCUT2D eigenvalue weighted by Gasteiger charge is -2.22. The number of amides is 1. The fourth-order valence-corrected chi connectivity index (χ4v) is 1.51. The molecular weight excluding hydrogens is 240 g/mol. The first kappa shape index (κ1) is 19.0. The molecule has 17 heavy (non-hydrogen) atoms. The quantitative estimate of drug-likeness (QED) is 0.626. The molecule has 0 saturated carbocycles. The van der Waals surface area contributed by atoms with Gasteiger partial charge in [-0.05, 0) is 33.1 Å². The van der Waals surface area contributed by atoms with Crippen LogP contribution in [0.4, 0.5) is 0 Å². The van der Waals surface area contributed by atoms with E-state index in [1.807, 2.05) is 13.8 Å². The maximum absolute atomic E-state index is 11.7. The van der Waals surface area contributed by atoms with Gasteiger partial charge in [-0.25, -0.2) is 0 Å². The van der Waals surface area contributed by atoms with Gasteiger partial charge in [0.15, 0.2) is 0 Å². The number of nitrogens with one attached hydrogen (secondary N) is 1. The largest absolute Gasteiger partial charge is 0.382 e. The number of halogens is 1. The van der Waals surface area contributed by atoms with Gasteiger partial charge in [-0.1, -0.05) is 13.3 Å². The van der Waals surface area contributed by atoms with E-state index in [1.165, 1.54) is 0 Å². The highest BCUT2D eigenvalue weighted by atomic mass is 35.5. The number of hydrogen-bond donors (Lipinski definition) is 2. The average molecular weight is 267 g/mol. The molecule has 0 bridgehead atoms. The van der Waals surface area contributed by atoms with Gasteiger partial charge >= 0.3 is 0 Å². The van der Waals surface area contributed by atoms with Gasteiger partial charge in [0.25, 0.3) is 0 Å². The molecule has 5 heteroatoms. The third kappa shape index (κ3) is 9.39. The maximum atomic E-state index is 11.7. The molecule has 0 fully saturated rings. The average Bonchev–Trinajstić information content (AvgIpc) is 2.22. The Kier molecular flexibility index (Phi) is 12.1. The van der Waals surface area contributed by atoms with E-state index in [0.29, 0.717) is 6.54 Å². The van der Waals surface area contributed by atoms with Crippen molar-refractivity contribution in [2.24, 2.45) is 5.73 Å². The summed E-state index contributed by atoms with van der Waals surface area (Å²) in [5, 5.41) is 2.87. The molecule has 0 radical (unpaired) electrons. The van der Waals surface area contributed by atoms with Gasteiger partial charge in [0.1, 0.15) is 0 Å². The predicted molar refractivity (Wildman–Crippen MR) is 73.5 cm³/mol. The molecule has 0 rings (SSSR count). The van der Waals surface area contributed by atoms with Crippen LogP contribution in [-0.4, -0.2) is 31.2 Å². The highest BCUT2D eigenvalue weighted by molar-refractivity contribution is 5.85. The molecule has 1 amide bonds. The SMILES string of the molecule is CCCC(C)(N)C(=O)NCCCCOCC.Cl. The van der Waals surface area contributed by atoms with E-state index in [4.69, 9.17) is 10.5 Å². The van der Waals surface area contributed by atoms with Gasteiger partial charge in [-0.3, -0.25) is 4.79 Å². The lowest BCUT2D eigenvalue weighted by Crippen LogP contribution is -2.51. The molecule has 0 aromatic rings. The molecule has 0 saturated heterocycles. The lowest BCUT2D eigenvalue weighted by atomic mass is 9.96. The fraction of sp³-hybridized carbons (Fsp3) is 0.917. The van der Waals surface area contributed by atoms with Crippen LogP contribution >= 0.6 is 12.4 Å². The number of nitrogens with two attached hydrogens (primary N) is 1. The van der Waals surface area contributed by atoms with E-state index in [9.17, 15) is 4.79 Å². The summed E-state index contributed by atoms with van der Waals surface area (Å²) in [7, 11) is 0. The van der Waals surface area contributed by atoms with Crippen molar-refractivity contribution in [1.82, 2.24) is 5.32 Å². The van der Waals surface area contributed by atoms with Gasteiger partial charge in [0.2, 0.25) is 5.91 Å². The van der Waals surface area contributed by atoms with Gasteiger partial charge in [0.05, 0.1) is 5.54 Å². The van der Waals surface area contributed by atoms with E-state index in [0.717, 1.165) is 38.9 Å². The standard InChI is InChI=1S/C12H26N2O2.ClH/c1-4-8-12(3,13)11(15)14-9-6-7-10-16-5-2;/h4-10,13H2,1-3H3,(H,14,15);1H. The van der Waals surface area contributed by atoms with Crippen LogP contribution in [0.1, 0.15) is 46.5 Å². The van der Waals surface area contributed by atoms with E-state index >= 15 is 0 Å². The highest BCUT2D eigenvalue weighted by Gasteiger charge is 2.26. The summed E-state index contributed by atoms with van der Waals surface area (Å²) in [5.41, 5.74) is 5.17. The van der Waals surface area contributed by atoms with Crippen LogP contribution < -0.4 is 11.1 Å². The number of ether oxygens (including phenoxy) is 1. The lowest BCUT2D eigenvalue weighted by molar-refractivity contribution is -0.126. The Labute approximate surface area is 111 Å². The molecule has 0 aromatic carbocycles. The summed E-state index contributed by atoms with van der Waals surface area (Å²) >= 11 is 0. The molecule has 104 valence electrons. The number of hydrogen-bond acceptors (Lipinski definition) is 3. The Morgan fingerprint density at radius 2 is 2.00 bits per heavy atom. The number of carbonyl (C=O) groups is 1. The molecule has 0 aliphatic heterocycles. The first-order valence-electron chi connectivity index (χ1n) is 6.19. The molecule has 0 aliphatic carbocycles. The minimum Gasteiger partial charge on any atom is -0.382 e. The predicted octanol–water partition coefficient (Wildman–Crippen LogP) is 1.86. The zero-order chi connectivity index (χ0) is 12.4. The number of rotatable bonds is 9. The summed E-state index contributed by atoms with van der Waals surface area (Å²) in [6.07, 6.45) is 3.56. The molecule has 0 aliphatic rings. The smallest absolute Gasteiger partial charge is 0.239 e. The Morgan fingerprint density at radius 3 is 2.53 bits per heavy atom. The fourth-order valence-electron chi connectivity index (χ4n) is 1.51. The van der Waals surface area contributed by atoms with Crippen molar-refractivity contribution in [2.45, 2.75) is 52.0 Å². The van der Waals surface area contributed by atoms with E-state index in [-0.39, 0.29) is 18.3 Å².